The molecule has 2 N–H and O–H groups in total. The van der Waals surface area contributed by atoms with Crippen LogP contribution in [-0.4, -0.2) is 19.3 Å². The van der Waals surface area contributed by atoms with Crippen LogP contribution in [0.2, 0.25) is 0 Å². The van der Waals surface area contributed by atoms with E-state index < -0.39 is 0 Å². The number of hydrogen-bond donors (Lipinski definition) is 2. The van der Waals surface area contributed by atoms with Gasteiger partial charge in [0.15, 0.2) is 0 Å². The van der Waals surface area contributed by atoms with E-state index in [2.05, 4.69) is 16.7 Å². The molecule has 2 nitrogen and oxygen atoms in total. The molecule has 56 valence electrons. The Kier molecular flexibility index (Phi) is 1.74. The highest BCUT2D eigenvalue weighted by atomic mass is 15.1. The Morgan fingerprint density at radius 1 is 1.30 bits per heavy atom. The molecule has 1 fully saturated rings. The smallest absolute Gasteiger partial charge is 0.0794 e. The van der Waals surface area contributed by atoms with Gasteiger partial charge in [-0.1, -0.05) is 6.08 Å². The molecule has 10 heavy (non-hydrogen) atoms. The van der Waals surface area contributed by atoms with Crippen LogP contribution in [0.4, 0.5) is 0 Å². The zero-order valence-electron chi connectivity index (χ0n) is 6.19. The molecule has 0 aliphatic carbocycles. The third-order valence-electron chi connectivity index (χ3n) is 2.26. The fourth-order valence-corrected chi connectivity index (χ4v) is 1.72. The molecule has 1 unspecified atom stereocenters. The van der Waals surface area contributed by atoms with Crippen LogP contribution >= 0.6 is 0 Å². The van der Waals surface area contributed by atoms with Crippen molar-refractivity contribution in [3.05, 3.63) is 11.6 Å². The Balaban J connectivity index is 2.08. The Hall–Kier alpha value is -0.340. The fraction of sp³-hybridized carbons (Fsp3) is 0.750. The topological polar surface area (TPSA) is 24.1 Å². The van der Waals surface area contributed by atoms with Gasteiger partial charge in [-0.2, -0.15) is 0 Å². The van der Waals surface area contributed by atoms with Gasteiger partial charge in [0.1, 0.15) is 0 Å². The first kappa shape index (κ1) is 6.38. The second-order valence-corrected chi connectivity index (χ2v) is 3.01. The molecule has 2 aliphatic rings. The van der Waals surface area contributed by atoms with E-state index in [-0.39, 0.29) is 0 Å². The van der Waals surface area contributed by atoms with Crippen molar-refractivity contribution in [3.8, 4) is 0 Å². The Morgan fingerprint density at radius 3 is 3.10 bits per heavy atom. The lowest BCUT2D eigenvalue weighted by molar-refractivity contribution is 0.407. The van der Waals surface area contributed by atoms with Crippen molar-refractivity contribution in [1.29, 1.82) is 0 Å². The molecule has 0 radical (unpaired) electrons. The summed E-state index contributed by atoms with van der Waals surface area (Å²) < 4.78 is 0. The van der Waals surface area contributed by atoms with Crippen LogP contribution in [-0.2, 0) is 0 Å². The lowest BCUT2D eigenvalue weighted by Gasteiger charge is -2.30. The Labute approximate surface area is 61.7 Å². The maximum absolute atomic E-state index is 3.44. The highest BCUT2D eigenvalue weighted by Crippen LogP contribution is 2.16. The van der Waals surface area contributed by atoms with Crippen molar-refractivity contribution >= 4 is 0 Å². The van der Waals surface area contributed by atoms with Gasteiger partial charge in [0.2, 0.25) is 0 Å². The average molecular weight is 138 g/mol. The van der Waals surface area contributed by atoms with E-state index in [9.17, 15) is 0 Å². The number of hydrogen-bond acceptors (Lipinski definition) is 2. The summed E-state index contributed by atoms with van der Waals surface area (Å²) in [6.07, 6.45) is 6.72. The lowest BCUT2D eigenvalue weighted by Crippen LogP contribution is -2.48. The van der Waals surface area contributed by atoms with E-state index in [0.29, 0.717) is 6.17 Å². The number of nitrogens with one attached hydrogen (secondary N) is 2. The molecule has 0 spiro atoms. The maximum atomic E-state index is 3.44. The molecule has 0 saturated carbocycles. The maximum Gasteiger partial charge on any atom is 0.0794 e. The average Bonchev–Trinajstić information content (AvgIpc) is 2.05. The van der Waals surface area contributed by atoms with Crippen molar-refractivity contribution in [2.24, 2.45) is 0 Å². The minimum atomic E-state index is 0.516. The summed E-state index contributed by atoms with van der Waals surface area (Å²) in [4.78, 5) is 0. The minimum absolute atomic E-state index is 0.516. The van der Waals surface area contributed by atoms with E-state index in [4.69, 9.17) is 0 Å². The van der Waals surface area contributed by atoms with E-state index in [1.165, 1.54) is 25.8 Å². The zero-order valence-corrected chi connectivity index (χ0v) is 6.19. The van der Waals surface area contributed by atoms with Gasteiger partial charge >= 0.3 is 0 Å². The molecule has 2 heterocycles. The summed E-state index contributed by atoms with van der Waals surface area (Å²) in [6.45, 7) is 2.32. The summed E-state index contributed by atoms with van der Waals surface area (Å²) in [5.41, 5.74) is 1.58. The Morgan fingerprint density at radius 2 is 2.20 bits per heavy atom. The highest BCUT2D eigenvalue weighted by Gasteiger charge is 2.18. The van der Waals surface area contributed by atoms with Crippen LogP contribution in [0.25, 0.3) is 0 Å². The first-order chi connectivity index (χ1) is 4.97. The molecule has 0 aromatic rings. The zero-order chi connectivity index (χ0) is 6.81. The third kappa shape index (κ3) is 1.09. The molecule has 0 aromatic carbocycles. The van der Waals surface area contributed by atoms with Crippen LogP contribution in [0, 0.1) is 0 Å². The van der Waals surface area contributed by atoms with Crippen LogP contribution in [0.5, 0.6) is 0 Å². The summed E-state index contributed by atoms with van der Waals surface area (Å²) in [5, 5.41) is 6.88. The van der Waals surface area contributed by atoms with Gasteiger partial charge < -0.3 is 0 Å². The summed E-state index contributed by atoms with van der Waals surface area (Å²) in [6, 6.07) is 0. The van der Waals surface area contributed by atoms with Gasteiger partial charge in [0, 0.05) is 6.54 Å². The number of piperidine rings is 1. The first-order valence-corrected chi connectivity index (χ1v) is 4.12. The van der Waals surface area contributed by atoms with Crippen LogP contribution < -0.4 is 10.6 Å². The quantitative estimate of drug-likeness (QED) is 0.479. The van der Waals surface area contributed by atoms with Gasteiger partial charge in [-0.05, 0) is 31.4 Å². The van der Waals surface area contributed by atoms with Crippen molar-refractivity contribution in [2.45, 2.75) is 25.4 Å². The molecule has 1 atom stereocenters. The summed E-state index contributed by atoms with van der Waals surface area (Å²) >= 11 is 0. The largest absolute Gasteiger partial charge is 0.298 e. The monoisotopic (exact) mass is 138 g/mol. The molecule has 0 bridgehead atoms. The second kappa shape index (κ2) is 2.72. The van der Waals surface area contributed by atoms with Gasteiger partial charge in [0.05, 0.1) is 6.17 Å². The van der Waals surface area contributed by atoms with Crippen molar-refractivity contribution in [2.75, 3.05) is 13.1 Å². The molecule has 2 rings (SSSR count). The van der Waals surface area contributed by atoms with Gasteiger partial charge in [-0.25, -0.2) is 0 Å². The van der Waals surface area contributed by atoms with Gasteiger partial charge in [-0.3, -0.25) is 10.6 Å². The SMILES string of the molecule is C1=C2CCCNC2NCC1. The third-order valence-corrected chi connectivity index (χ3v) is 2.26. The predicted molar refractivity (Wildman–Crippen MR) is 41.7 cm³/mol. The first-order valence-electron chi connectivity index (χ1n) is 4.12. The molecule has 2 aliphatic heterocycles. The molecule has 1 saturated heterocycles. The van der Waals surface area contributed by atoms with E-state index in [1.807, 2.05) is 0 Å². The molecule has 0 amide bonds. The molecular formula is C8H14N2. The van der Waals surface area contributed by atoms with Crippen LogP contribution in [0.1, 0.15) is 19.3 Å². The number of rotatable bonds is 0. The Bertz CT molecular complexity index is 151. The van der Waals surface area contributed by atoms with Gasteiger partial charge in [0.25, 0.3) is 0 Å². The van der Waals surface area contributed by atoms with Crippen LogP contribution in [0.15, 0.2) is 11.6 Å². The highest BCUT2D eigenvalue weighted by molar-refractivity contribution is 5.14. The number of fused-ring (bicyclic) bond motifs is 1. The van der Waals surface area contributed by atoms with E-state index >= 15 is 0 Å². The summed E-state index contributed by atoms with van der Waals surface area (Å²) in [7, 11) is 0. The van der Waals surface area contributed by atoms with E-state index in [1.54, 1.807) is 5.57 Å². The minimum Gasteiger partial charge on any atom is -0.298 e. The second-order valence-electron chi connectivity index (χ2n) is 3.01. The standard InChI is InChI=1S/C8H14N2/c1-3-7-4-2-6-10-8(7)9-5-1/h3,8-10H,1-2,4-6H2. The summed E-state index contributed by atoms with van der Waals surface area (Å²) in [5.74, 6) is 0. The predicted octanol–water partition coefficient (Wildman–Crippen LogP) is 0.616. The van der Waals surface area contributed by atoms with Crippen molar-refractivity contribution in [3.63, 3.8) is 0 Å². The van der Waals surface area contributed by atoms with Crippen molar-refractivity contribution < 1.29 is 0 Å². The molecular weight excluding hydrogens is 124 g/mol. The van der Waals surface area contributed by atoms with Crippen molar-refractivity contribution in [1.82, 2.24) is 10.6 Å². The molecule has 0 aromatic heterocycles. The lowest BCUT2D eigenvalue weighted by atomic mass is 9.99. The fourth-order valence-electron chi connectivity index (χ4n) is 1.72. The van der Waals surface area contributed by atoms with Gasteiger partial charge in [-0.15, -0.1) is 0 Å². The van der Waals surface area contributed by atoms with Crippen LogP contribution in [0.3, 0.4) is 0 Å². The molecule has 2 heteroatoms. The van der Waals surface area contributed by atoms with E-state index in [0.717, 1.165) is 6.54 Å². The normalized spacial score (nSPS) is 32.8.